The molecular formula is C16H26ClNO2Si. The summed E-state index contributed by atoms with van der Waals surface area (Å²) in [5.74, 6) is 0.663. The number of nitrogens with zero attached hydrogens (tertiary/aromatic N) is 1. The van der Waals surface area contributed by atoms with Crippen LogP contribution in [0.4, 0.5) is 4.79 Å². The second kappa shape index (κ2) is 7.32. The van der Waals surface area contributed by atoms with Crippen LogP contribution in [-0.4, -0.2) is 32.2 Å². The molecule has 0 aliphatic carbocycles. The second-order valence-electron chi connectivity index (χ2n) is 6.13. The minimum atomic E-state index is -1.63. The molecule has 0 fully saturated rings. The molecule has 0 aliphatic heterocycles. The van der Waals surface area contributed by atoms with Gasteiger partial charge in [-0.15, -0.1) is 11.6 Å². The van der Waals surface area contributed by atoms with E-state index in [0.29, 0.717) is 18.8 Å². The Balaban J connectivity index is 3.28. The molecule has 0 spiro atoms. The maximum absolute atomic E-state index is 12.3. The van der Waals surface area contributed by atoms with Crippen LogP contribution in [-0.2, 0) is 0 Å². The van der Waals surface area contributed by atoms with Gasteiger partial charge in [-0.3, -0.25) is 0 Å². The maximum atomic E-state index is 12.3. The van der Waals surface area contributed by atoms with Crippen molar-refractivity contribution < 1.29 is 9.53 Å². The number of rotatable bonds is 5. The normalized spacial score (nSPS) is 12.9. The van der Waals surface area contributed by atoms with Crippen molar-refractivity contribution >= 4 is 31.0 Å². The van der Waals surface area contributed by atoms with Crippen molar-refractivity contribution in [1.29, 1.82) is 0 Å². The SMILES string of the molecule is CCN(CC)C(=O)Oc1c([C@H](C)Cl)cccc1[Si](C)(C)C. The molecule has 1 rings (SSSR count). The first kappa shape index (κ1) is 18.0. The Morgan fingerprint density at radius 2 is 1.86 bits per heavy atom. The highest BCUT2D eigenvalue weighted by molar-refractivity contribution is 6.89. The molecule has 0 heterocycles. The van der Waals surface area contributed by atoms with Gasteiger partial charge in [-0.1, -0.05) is 37.8 Å². The summed E-state index contributed by atoms with van der Waals surface area (Å²) in [5.41, 5.74) is 0.886. The lowest BCUT2D eigenvalue weighted by atomic mass is 10.1. The van der Waals surface area contributed by atoms with E-state index in [-0.39, 0.29) is 11.5 Å². The lowest BCUT2D eigenvalue weighted by molar-refractivity contribution is 0.157. The van der Waals surface area contributed by atoms with Crippen LogP contribution in [0.25, 0.3) is 0 Å². The van der Waals surface area contributed by atoms with Gasteiger partial charge in [0.15, 0.2) is 0 Å². The fourth-order valence-corrected chi connectivity index (χ4v) is 3.85. The van der Waals surface area contributed by atoms with Gasteiger partial charge in [0, 0.05) is 18.7 Å². The first-order valence-corrected chi connectivity index (χ1v) is 11.4. The van der Waals surface area contributed by atoms with E-state index in [4.69, 9.17) is 16.3 Å². The Morgan fingerprint density at radius 3 is 2.29 bits per heavy atom. The minimum Gasteiger partial charge on any atom is -0.410 e. The van der Waals surface area contributed by atoms with Crippen LogP contribution in [0.15, 0.2) is 18.2 Å². The fraction of sp³-hybridized carbons (Fsp3) is 0.562. The molecule has 1 aromatic carbocycles. The zero-order valence-corrected chi connectivity index (χ0v) is 15.6. The monoisotopic (exact) mass is 327 g/mol. The number of carbonyl (C=O) groups excluding carboxylic acids is 1. The quantitative estimate of drug-likeness (QED) is 0.593. The number of ether oxygens (including phenoxy) is 1. The lowest BCUT2D eigenvalue weighted by Crippen LogP contribution is -2.41. The van der Waals surface area contributed by atoms with Gasteiger partial charge >= 0.3 is 6.09 Å². The fourth-order valence-electron chi connectivity index (χ4n) is 2.21. The Labute approximate surface area is 134 Å². The van der Waals surface area contributed by atoms with Crippen LogP contribution in [0.2, 0.25) is 19.6 Å². The molecule has 0 saturated carbocycles. The Kier molecular flexibility index (Phi) is 6.29. The smallest absolute Gasteiger partial charge is 0.410 e. The zero-order valence-electron chi connectivity index (χ0n) is 13.9. The Morgan fingerprint density at radius 1 is 1.29 bits per heavy atom. The number of benzene rings is 1. The van der Waals surface area contributed by atoms with E-state index in [9.17, 15) is 4.79 Å². The summed E-state index contributed by atoms with van der Waals surface area (Å²) in [6.07, 6.45) is -0.302. The van der Waals surface area contributed by atoms with Crippen LogP contribution < -0.4 is 9.92 Å². The van der Waals surface area contributed by atoms with Gasteiger partial charge in [0.25, 0.3) is 0 Å². The summed E-state index contributed by atoms with van der Waals surface area (Å²) >= 11 is 6.27. The molecule has 118 valence electrons. The summed E-state index contributed by atoms with van der Waals surface area (Å²) in [5, 5.41) is 0.939. The molecule has 21 heavy (non-hydrogen) atoms. The summed E-state index contributed by atoms with van der Waals surface area (Å²) in [7, 11) is -1.63. The zero-order chi connectivity index (χ0) is 16.2. The molecule has 0 unspecified atom stereocenters. The molecule has 1 atom stereocenters. The first-order chi connectivity index (χ1) is 9.72. The lowest BCUT2D eigenvalue weighted by Gasteiger charge is -2.25. The minimum absolute atomic E-state index is 0.194. The van der Waals surface area contributed by atoms with Crippen molar-refractivity contribution in [2.75, 3.05) is 13.1 Å². The third kappa shape index (κ3) is 4.48. The predicted octanol–water partition coefficient (Wildman–Crippen LogP) is 4.37. The number of halogens is 1. The van der Waals surface area contributed by atoms with Crippen molar-refractivity contribution in [2.45, 2.75) is 45.8 Å². The Hall–Kier alpha value is -1.00. The Bertz CT molecular complexity index is 494. The van der Waals surface area contributed by atoms with Crippen molar-refractivity contribution in [1.82, 2.24) is 4.90 Å². The molecule has 0 bridgehead atoms. The van der Waals surface area contributed by atoms with E-state index in [1.54, 1.807) is 4.90 Å². The highest BCUT2D eigenvalue weighted by Gasteiger charge is 2.26. The van der Waals surface area contributed by atoms with E-state index < -0.39 is 8.07 Å². The third-order valence-corrected chi connectivity index (χ3v) is 5.74. The van der Waals surface area contributed by atoms with Crippen molar-refractivity contribution in [2.24, 2.45) is 0 Å². The van der Waals surface area contributed by atoms with E-state index in [1.165, 1.54) is 0 Å². The second-order valence-corrected chi connectivity index (χ2v) is 11.8. The first-order valence-electron chi connectivity index (χ1n) is 7.46. The molecule has 3 nitrogen and oxygen atoms in total. The topological polar surface area (TPSA) is 29.5 Å². The molecule has 0 aromatic heterocycles. The molecule has 1 amide bonds. The highest BCUT2D eigenvalue weighted by Crippen LogP contribution is 2.30. The van der Waals surface area contributed by atoms with Crippen LogP contribution in [0.3, 0.4) is 0 Å². The predicted molar refractivity (Wildman–Crippen MR) is 92.6 cm³/mol. The van der Waals surface area contributed by atoms with Gasteiger partial charge in [-0.25, -0.2) is 4.79 Å². The standard InChI is InChI=1S/C16H26ClNO2Si/c1-7-18(8-2)16(19)20-15-13(12(3)17)10-9-11-14(15)21(4,5)6/h9-12H,7-8H2,1-6H3/t12-/m0/s1. The van der Waals surface area contributed by atoms with Gasteiger partial charge in [0.2, 0.25) is 0 Å². The maximum Gasteiger partial charge on any atom is 0.415 e. The van der Waals surface area contributed by atoms with Crippen LogP contribution >= 0.6 is 11.6 Å². The largest absolute Gasteiger partial charge is 0.415 e. The van der Waals surface area contributed by atoms with Crippen molar-refractivity contribution in [3.05, 3.63) is 23.8 Å². The molecule has 0 radical (unpaired) electrons. The van der Waals surface area contributed by atoms with E-state index in [1.807, 2.05) is 32.9 Å². The van der Waals surface area contributed by atoms with Gasteiger partial charge in [0.1, 0.15) is 5.75 Å². The molecule has 5 heteroatoms. The molecular weight excluding hydrogens is 302 g/mol. The van der Waals surface area contributed by atoms with Gasteiger partial charge in [-0.05, 0) is 26.0 Å². The van der Waals surface area contributed by atoms with Crippen LogP contribution in [0.5, 0.6) is 5.75 Å². The average Bonchev–Trinajstić information content (AvgIpc) is 2.38. The number of hydrogen-bond donors (Lipinski definition) is 0. The van der Waals surface area contributed by atoms with Gasteiger partial charge in [0.05, 0.1) is 13.5 Å². The summed E-state index contributed by atoms with van der Waals surface area (Å²) in [6.45, 7) is 13.8. The van der Waals surface area contributed by atoms with Crippen molar-refractivity contribution in [3.63, 3.8) is 0 Å². The van der Waals surface area contributed by atoms with E-state index >= 15 is 0 Å². The van der Waals surface area contributed by atoms with E-state index in [0.717, 1.165) is 10.8 Å². The van der Waals surface area contributed by atoms with Crippen LogP contribution in [0.1, 0.15) is 31.7 Å². The number of hydrogen-bond acceptors (Lipinski definition) is 2. The van der Waals surface area contributed by atoms with E-state index in [2.05, 4.69) is 25.7 Å². The molecule has 0 aliphatic rings. The van der Waals surface area contributed by atoms with Crippen molar-refractivity contribution in [3.8, 4) is 5.75 Å². The number of alkyl halides is 1. The summed E-state index contributed by atoms with van der Waals surface area (Å²) in [6, 6.07) is 5.99. The van der Waals surface area contributed by atoms with Gasteiger partial charge in [-0.2, -0.15) is 0 Å². The number of carbonyl (C=O) groups is 1. The third-order valence-electron chi connectivity index (χ3n) is 3.49. The van der Waals surface area contributed by atoms with Crippen LogP contribution in [0, 0.1) is 0 Å². The number of amides is 1. The molecule has 0 N–H and O–H groups in total. The van der Waals surface area contributed by atoms with Gasteiger partial charge < -0.3 is 9.64 Å². The number of para-hydroxylation sites is 1. The highest BCUT2D eigenvalue weighted by atomic mass is 35.5. The summed E-state index contributed by atoms with van der Waals surface area (Å²) < 4.78 is 5.75. The summed E-state index contributed by atoms with van der Waals surface area (Å²) in [4.78, 5) is 14.0. The molecule has 0 saturated heterocycles. The average molecular weight is 328 g/mol. The molecule has 1 aromatic rings.